The number of nitrogens with two attached hydrogens (primary N) is 1. The van der Waals surface area contributed by atoms with E-state index in [2.05, 4.69) is 10.3 Å². The van der Waals surface area contributed by atoms with Crippen LogP contribution in [0.25, 0.3) is 10.8 Å². The summed E-state index contributed by atoms with van der Waals surface area (Å²) in [5.74, 6) is -0.00314. The van der Waals surface area contributed by atoms with Crippen LogP contribution in [0.3, 0.4) is 0 Å². The molecule has 2 rings (SSSR count). The normalized spacial score (nSPS) is 12.3. The van der Waals surface area contributed by atoms with Gasteiger partial charge in [0, 0.05) is 41.3 Å². The molecule has 1 heterocycles. The molecule has 0 saturated carbocycles. The quantitative estimate of drug-likeness (QED) is 0.865. The van der Waals surface area contributed by atoms with Crippen molar-refractivity contribution >= 4 is 22.4 Å². The lowest BCUT2D eigenvalue weighted by molar-refractivity contribution is -0.116. The Kier molecular flexibility index (Phi) is 3.89. The molecule has 0 aliphatic carbocycles. The molecule has 1 amide bonds. The third kappa shape index (κ3) is 3.05. The summed E-state index contributed by atoms with van der Waals surface area (Å²) in [6, 6.07) is 7.72. The summed E-state index contributed by atoms with van der Waals surface area (Å²) in [5.41, 5.74) is 6.46. The fraction of sp³-hybridized carbons (Fsp3) is 0.286. The first-order chi connectivity index (χ1) is 8.66. The van der Waals surface area contributed by atoms with E-state index in [0.29, 0.717) is 12.8 Å². The van der Waals surface area contributed by atoms with Gasteiger partial charge in [-0.2, -0.15) is 0 Å². The number of amides is 1. The molecule has 4 heteroatoms. The van der Waals surface area contributed by atoms with Gasteiger partial charge < -0.3 is 11.1 Å². The molecule has 0 fully saturated rings. The van der Waals surface area contributed by atoms with Crippen molar-refractivity contribution < 1.29 is 4.79 Å². The Bertz CT molecular complexity index is 546. The molecule has 4 nitrogen and oxygen atoms in total. The topological polar surface area (TPSA) is 68.0 Å². The fourth-order valence-electron chi connectivity index (χ4n) is 1.80. The van der Waals surface area contributed by atoms with Crippen LogP contribution >= 0.6 is 0 Å². The summed E-state index contributed by atoms with van der Waals surface area (Å²) in [7, 11) is 0. The lowest BCUT2D eigenvalue weighted by Crippen LogP contribution is -2.19. The minimum atomic E-state index is -0.00314. The van der Waals surface area contributed by atoms with Gasteiger partial charge in [-0.1, -0.05) is 12.1 Å². The highest BCUT2D eigenvalue weighted by Crippen LogP contribution is 2.22. The Labute approximate surface area is 106 Å². The first-order valence-corrected chi connectivity index (χ1v) is 6.05. The van der Waals surface area contributed by atoms with Crippen LogP contribution in [-0.2, 0) is 4.79 Å². The number of rotatable bonds is 4. The van der Waals surface area contributed by atoms with Crippen molar-refractivity contribution in [2.75, 3.05) is 5.32 Å². The van der Waals surface area contributed by atoms with Crippen molar-refractivity contribution in [2.45, 2.75) is 25.8 Å². The highest BCUT2D eigenvalue weighted by Gasteiger charge is 2.06. The Hall–Kier alpha value is -1.94. The largest absolute Gasteiger partial charge is 0.328 e. The SMILES string of the molecule is CC(N)CCC(=O)Nc1cccc2cnccc12. The molecule has 1 aromatic carbocycles. The highest BCUT2D eigenvalue weighted by atomic mass is 16.1. The second-order valence-electron chi connectivity index (χ2n) is 4.47. The van der Waals surface area contributed by atoms with E-state index >= 15 is 0 Å². The van der Waals surface area contributed by atoms with Crippen molar-refractivity contribution in [3.8, 4) is 0 Å². The van der Waals surface area contributed by atoms with Crippen LogP contribution in [-0.4, -0.2) is 16.9 Å². The number of nitrogens with one attached hydrogen (secondary N) is 1. The molecule has 0 bridgehead atoms. The van der Waals surface area contributed by atoms with Crippen LogP contribution in [0.4, 0.5) is 5.69 Å². The van der Waals surface area contributed by atoms with E-state index in [1.54, 1.807) is 12.4 Å². The van der Waals surface area contributed by atoms with Crippen molar-refractivity contribution in [3.63, 3.8) is 0 Å². The summed E-state index contributed by atoms with van der Waals surface area (Å²) in [5, 5.41) is 4.94. The number of hydrogen-bond donors (Lipinski definition) is 2. The molecule has 0 aliphatic heterocycles. The number of aromatic nitrogens is 1. The zero-order chi connectivity index (χ0) is 13.0. The molecule has 18 heavy (non-hydrogen) atoms. The summed E-state index contributed by atoms with van der Waals surface area (Å²) in [6.45, 7) is 1.90. The molecule has 0 aliphatic rings. The number of carbonyl (C=O) groups is 1. The van der Waals surface area contributed by atoms with Gasteiger partial charge in [-0.3, -0.25) is 9.78 Å². The van der Waals surface area contributed by atoms with Gasteiger partial charge in [-0.15, -0.1) is 0 Å². The maximum atomic E-state index is 11.8. The Morgan fingerprint density at radius 2 is 2.28 bits per heavy atom. The molecule has 2 aromatic rings. The van der Waals surface area contributed by atoms with Gasteiger partial charge in [0.15, 0.2) is 0 Å². The van der Waals surface area contributed by atoms with Crippen LogP contribution in [0.15, 0.2) is 36.7 Å². The van der Waals surface area contributed by atoms with Crippen molar-refractivity contribution in [1.29, 1.82) is 0 Å². The number of benzene rings is 1. The number of pyridine rings is 1. The van der Waals surface area contributed by atoms with E-state index in [4.69, 9.17) is 5.73 Å². The second-order valence-corrected chi connectivity index (χ2v) is 4.47. The van der Waals surface area contributed by atoms with Crippen molar-refractivity contribution in [3.05, 3.63) is 36.7 Å². The molecule has 0 radical (unpaired) electrons. The van der Waals surface area contributed by atoms with E-state index < -0.39 is 0 Å². The van der Waals surface area contributed by atoms with Crippen LogP contribution in [0.5, 0.6) is 0 Å². The van der Waals surface area contributed by atoms with Gasteiger partial charge in [-0.25, -0.2) is 0 Å². The van der Waals surface area contributed by atoms with Gasteiger partial charge in [0.2, 0.25) is 5.91 Å². The lowest BCUT2D eigenvalue weighted by atomic mass is 10.1. The van der Waals surface area contributed by atoms with E-state index in [1.165, 1.54) is 0 Å². The van der Waals surface area contributed by atoms with Crippen LogP contribution in [0, 0.1) is 0 Å². The first kappa shape index (κ1) is 12.5. The predicted octanol–water partition coefficient (Wildman–Crippen LogP) is 2.30. The molecule has 1 atom stereocenters. The molecule has 1 aromatic heterocycles. The zero-order valence-electron chi connectivity index (χ0n) is 10.4. The van der Waals surface area contributed by atoms with E-state index in [-0.39, 0.29) is 11.9 Å². The Morgan fingerprint density at radius 1 is 1.44 bits per heavy atom. The molecule has 0 saturated heterocycles. The van der Waals surface area contributed by atoms with Gasteiger partial charge in [0.05, 0.1) is 0 Å². The minimum Gasteiger partial charge on any atom is -0.328 e. The average Bonchev–Trinajstić information content (AvgIpc) is 2.37. The summed E-state index contributed by atoms with van der Waals surface area (Å²) >= 11 is 0. The number of anilines is 1. The highest BCUT2D eigenvalue weighted by molar-refractivity contribution is 6.01. The van der Waals surface area contributed by atoms with Crippen LogP contribution in [0.1, 0.15) is 19.8 Å². The van der Waals surface area contributed by atoms with E-state index in [9.17, 15) is 4.79 Å². The minimum absolute atomic E-state index is 0.00314. The molecular weight excluding hydrogens is 226 g/mol. The molecule has 94 valence electrons. The average molecular weight is 243 g/mol. The predicted molar refractivity (Wildman–Crippen MR) is 73.3 cm³/mol. The van der Waals surface area contributed by atoms with Crippen molar-refractivity contribution in [1.82, 2.24) is 4.98 Å². The Morgan fingerprint density at radius 3 is 3.06 bits per heavy atom. The number of hydrogen-bond acceptors (Lipinski definition) is 3. The third-order valence-corrected chi connectivity index (χ3v) is 2.78. The number of fused-ring (bicyclic) bond motifs is 1. The van der Waals surface area contributed by atoms with Gasteiger partial charge in [0.25, 0.3) is 0 Å². The van der Waals surface area contributed by atoms with E-state index in [1.807, 2.05) is 31.2 Å². The zero-order valence-corrected chi connectivity index (χ0v) is 10.4. The smallest absolute Gasteiger partial charge is 0.224 e. The molecule has 1 unspecified atom stereocenters. The van der Waals surface area contributed by atoms with Crippen LogP contribution in [0.2, 0.25) is 0 Å². The molecule has 3 N–H and O–H groups in total. The number of nitrogens with zero attached hydrogens (tertiary/aromatic N) is 1. The maximum Gasteiger partial charge on any atom is 0.224 e. The van der Waals surface area contributed by atoms with Gasteiger partial charge >= 0.3 is 0 Å². The summed E-state index contributed by atoms with van der Waals surface area (Å²) < 4.78 is 0. The summed E-state index contributed by atoms with van der Waals surface area (Å²) in [6.07, 6.45) is 4.64. The second kappa shape index (κ2) is 5.60. The lowest BCUT2D eigenvalue weighted by Gasteiger charge is -2.09. The van der Waals surface area contributed by atoms with Crippen LogP contribution < -0.4 is 11.1 Å². The first-order valence-electron chi connectivity index (χ1n) is 6.05. The van der Waals surface area contributed by atoms with Crippen molar-refractivity contribution in [2.24, 2.45) is 5.73 Å². The molecule has 0 spiro atoms. The van der Waals surface area contributed by atoms with Gasteiger partial charge in [-0.05, 0) is 25.5 Å². The third-order valence-electron chi connectivity index (χ3n) is 2.78. The maximum absolute atomic E-state index is 11.8. The Balaban J connectivity index is 2.14. The molecular formula is C14H17N3O. The number of carbonyl (C=O) groups excluding carboxylic acids is 1. The monoisotopic (exact) mass is 243 g/mol. The summed E-state index contributed by atoms with van der Waals surface area (Å²) in [4.78, 5) is 15.8. The van der Waals surface area contributed by atoms with E-state index in [0.717, 1.165) is 16.5 Å². The fourth-order valence-corrected chi connectivity index (χ4v) is 1.80. The standard InChI is InChI=1S/C14H17N3O/c1-10(15)5-6-14(18)17-13-4-2-3-11-9-16-8-7-12(11)13/h2-4,7-10H,5-6,15H2,1H3,(H,17,18). The van der Waals surface area contributed by atoms with Gasteiger partial charge in [0.1, 0.15) is 0 Å².